The highest BCUT2D eigenvalue weighted by Gasteiger charge is 2.10. The maximum absolute atomic E-state index is 5.57. The van der Waals surface area contributed by atoms with Crippen LogP contribution in [0.15, 0.2) is 12.4 Å². The monoisotopic (exact) mass is 183 g/mol. The molecule has 0 saturated heterocycles. The number of ether oxygens (including phenoxy) is 1. The number of nitrogens with zero attached hydrogens (tertiary/aromatic N) is 1. The molecule has 4 nitrogen and oxygen atoms in total. The molecular weight excluding hydrogens is 166 g/mol. The molecule has 0 spiro atoms. The minimum absolute atomic E-state index is 0.115. The van der Waals surface area contributed by atoms with Crippen LogP contribution in [0, 0.1) is 0 Å². The van der Waals surface area contributed by atoms with E-state index in [0.29, 0.717) is 0 Å². The summed E-state index contributed by atoms with van der Waals surface area (Å²) in [6.45, 7) is 6.60. The van der Waals surface area contributed by atoms with Crippen molar-refractivity contribution >= 4 is 0 Å². The lowest BCUT2D eigenvalue weighted by Crippen LogP contribution is -2.22. The molecule has 1 heterocycles. The van der Waals surface area contributed by atoms with E-state index in [2.05, 4.69) is 22.4 Å². The summed E-state index contributed by atoms with van der Waals surface area (Å²) in [5.41, 5.74) is 1.10. The lowest BCUT2D eigenvalue weighted by atomic mass is 10.2. The molecule has 1 aromatic rings. The third kappa shape index (κ3) is 3.16. The normalized spacial score (nSPS) is 13.1. The van der Waals surface area contributed by atoms with Crippen LogP contribution < -0.4 is 5.32 Å². The van der Waals surface area contributed by atoms with Gasteiger partial charge in [-0.2, -0.15) is 5.10 Å². The van der Waals surface area contributed by atoms with E-state index in [0.717, 1.165) is 25.3 Å². The van der Waals surface area contributed by atoms with Crippen LogP contribution in [-0.4, -0.2) is 29.9 Å². The second kappa shape index (κ2) is 5.72. The SMILES string of the molecule is CCNCC(OCC)c1cn[nH]c1. The first-order valence-electron chi connectivity index (χ1n) is 4.69. The fourth-order valence-electron chi connectivity index (χ4n) is 1.19. The topological polar surface area (TPSA) is 49.9 Å². The van der Waals surface area contributed by atoms with Gasteiger partial charge in [-0.3, -0.25) is 5.10 Å². The van der Waals surface area contributed by atoms with Gasteiger partial charge in [0.15, 0.2) is 0 Å². The molecule has 0 radical (unpaired) electrons. The molecule has 0 aliphatic rings. The number of hydrogen-bond donors (Lipinski definition) is 2. The van der Waals surface area contributed by atoms with Gasteiger partial charge in [-0.25, -0.2) is 0 Å². The molecule has 1 atom stereocenters. The Bertz CT molecular complexity index is 211. The van der Waals surface area contributed by atoms with Gasteiger partial charge in [-0.15, -0.1) is 0 Å². The summed E-state index contributed by atoms with van der Waals surface area (Å²) >= 11 is 0. The van der Waals surface area contributed by atoms with Crippen LogP contribution in [0.2, 0.25) is 0 Å². The third-order valence-electron chi connectivity index (χ3n) is 1.84. The Morgan fingerprint density at radius 2 is 2.46 bits per heavy atom. The first-order chi connectivity index (χ1) is 6.38. The summed E-state index contributed by atoms with van der Waals surface area (Å²) in [5, 5.41) is 9.94. The summed E-state index contributed by atoms with van der Waals surface area (Å²) < 4.78 is 5.57. The zero-order valence-corrected chi connectivity index (χ0v) is 8.21. The van der Waals surface area contributed by atoms with Crippen molar-refractivity contribution in [2.75, 3.05) is 19.7 Å². The zero-order chi connectivity index (χ0) is 9.52. The van der Waals surface area contributed by atoms with Gasteiger partial charge in [0.1, 0.15) is 0 Å². The molecule has 0 bridgehead atoms. The van der Waals surface area contributed by atoms with Crippen LogP contribution in [0.5, 0.6) is 0 Å². The molecule has 74 valence electrons. The van der Waals surface area contributed by atoms with Gasteiger partial charge < -0.3 is 10.1 Å². The van der Waals surface area contributed by atoms with E-state index in [-0.39, 0.29) is 6.10 Å². The number of rotatable bonds is 6. The Kier molecular flexibility index (Phi) is 4.49. The maximum Gasteiger partial charge on any atom is 0.0979 e. The third-order valence-corrected chi connectivity index (χ3v) is 1.84. The molecule has 1 rings (SSSR count). The zero-order valence-electron chi connectivity index (χ0n) is 8.21. The summed E-state index contributed by atoms with van der Waals surface area (Å²) in [6.07, 6.45) is 3.79. The number of aromatic nitrogens is 2. The van der Waals surface area contributed by atoms with E-state index in [9.17, 15) is 0 Å². The number of hydrogen-bond acceptors (Lipinski definition) is 3. The molecular formula is C9H17N3O. The maximum atomic E-state index is 5.57. The van der Waals surface area contributed by atoms with Gasteiger partial charge in [0.2, 0.25) is 0 Å². The van der Waals surface area contributed by atoms with E-state index in [1.54, 1.807) is 6.20 Å². The average Bonchev–Trinajstić information content (AvgIpc) is 2.65. The highest BCUT2D eigenvalue weighted by Crippen LogP contribution is 2.13. The predicted octanol–water partition coefficient (Wildman–Crippen LogP) is 1.10. The number of nitrogens with one attached hydrogen (secondary N) is 2. The largest absolute Gasteiger partial charge is 0.372 e. The van der Waals surface area contributed by atoms with Crippen molar-refractivity contribution in [1.82, 2.24) is 15.5 Å². The van der Waals surface area contributed by atoms with E-state index in [1.807, 2.05) is 13.1 Å². The van der Waals surface area contributed by atoms with E-state index < -0.39 is 0 Å². The minimum atomic E-state index is 0.115. The molecule has 1 unspecified atom stereocenters. The van der Waals surface area contributed by atoms with Gasteiger partial charge in [0, 0.05) is 24.9 Å². The van der Waals surface area contributed by atoms with Gasteiger partial charge in [-0.05, 0) is 13.5 Å². The molecule has 0 saturated carbocycles. The smallest absolute Gasteiger partial charge is 0.0979 e. The van der Waals surface area contributed by atoms with E-state index >= 15 is 0 Å². The average molecular weight is 183 g/mol. The van der Waals surface area contributed by atoms with Crippen LogP contribution >= 0.6 is 0 Å². The first-order valence-corrected chi connectivity index (χ1v) is 4.69. The van der Waals surface area contributed by atoms with Crippen molar-refractivity contribution in [2.24, 2.45) is 0 Å². The second-order valence-electron chi connectivity index (χ2n) is 2.78. The molecule has 4 heteroatoms. The fraction of sp³-hybridized carbons (Fsp3) is 0.667. The summed E-state index contributed by atoms with van der Waals surface area (Å²) in [6, 6.07) is 0. The predicted molar refractivity (Wildman–Crippen MR) is 51.5 cm³/mol. The molecule has 1 aromatic heterocycles. The lowest BCUT2D eigenvalue weighted by molar-refractivity contribution is 0.0628. The Balaban J connectivity index is 2.47. The summed E-state index contributed by atoms with van der Waals surface area (Å²) in [4.78, 5) is 0. The van der Waals surface area contributed by atoms with E-state index in [4.69, 9.17) is 4.74 Å². The standard InChI is InChI=1S/C9H17N3O/c1-3-10-7-9(13-4-2)8-5-11-12-6-8/h5-6,9-10H,3-4,7H2,1-2H3,(H,11,12). The van der Waals surface area contributed by atoms with Crippen LogP contribution in [0.4, 0.5) is 0 Å². The van der Waals surface area contributed by atoms with Crippen LogP contribution in [0.3, 0.4) is 0 Å². The van der Waals surface area contributed by atoms with Crippen LogP contribution in [-0.2, 0) is 4.74 Å². The number of aromatic amines is 1. The molecule has 0 fully saturated rings. The first kappa shape index (κ1) is 10.2. The molecule has 13 heavy (non-hydrogen) atoms. The van der Waals surface area contributed by atoms with Crippen molar-refractivity contribution in [3.05, 3.63) is 18.0 Å². The fourth-order valence-corrected chi connectivity index (χ4v) is 1.19. The molecule has 0 aromatic carbocycles. The van der Waals surface area contributed by atoms with Crippen molar-refractivity contribution < 1.29 is 4.74 Å². The highest BCUT2D eigenvalue weighted by atomic mass is 16.5. The van der Waals surface area contributed by atoms with Gasteiger partial charge in [0.25, 0.3) is 0 Å². The van der Waals surface area contributed by atoms with Crippen LogP contribution in [0.1, 0.15) is 25.5 Å². The molecule has 2 N–H and O–H groups in total. The number of H-pyrrole nitrogens is 1. The van der Waals surface area contributed by atoms with Crippen molar-refractivity contribution in [1.29, 1.82) is 0 Å². The summed E-state index contributed by atoms with van der Waals surface area (Å²) in [5.74, 6) is 0. The van der Waals surface area contributed by atoms with Crippen molar-refractivity contribution in [3.8, 4) is 0 Å². The molecule has 0 aliphatic heterocycles. The Morgan fingerprint density at radius 3 is 3.00 bits per heavy atom. The second-order valence-corrected chi connectivity index (χ2v) is 2.78. The Morgan fingerprint density at radius 1 is 1.62 bits per heavy atom. The quantitative estimate of drug-likeness (QED) is 0.694. The molecule has 0 amide bonds. The Labute approximate surface area is 78.7 Å². The summed E-state index contributed by atoms with van der Waals surface area (Å²) in [7, 11) is 0. The lowest BCUT2D eigenvalue weighted by Gasteiger charge is -2.15. The van der Waals surface area contributed by atoms with Crippen LogP contribution in [0.25, 0.3) is 0 Å². The minimum Gasteiger partial charge on any atom is -0.372 e. The van der Waals surface area contributed by atoms with Crippen molar-refractivity contribution in [2.45, 2.75) is 20.0 Å². The van der Waals surface area contributed by atoms with Crippen molar-refractivity contribution in [3.63, 3.8) is 0 Å². The molecule has 0 aliphatic carbocycles. The van der Waals surface area contributed by atoms with Gasteiger partial charge in [-0.1, -0.05) is 6.92 Å². The van der Waals surface area contributed by atoms with Gasteiger partial charge in [0.05, 0.1) is 12.3 Å². The highest BCUT2D eigenvalue weighted by molar-refractivity contribution is 5.07. The van der Waals surface area contributed by atoms with Gasteiger partial charge >= 0.3 is 0 Å². The Hall–Kier alpha value is -0.870. The number of likely N-dealkylation sites (N-methyl/N-ethyl adjacent to an activating group) is 1. The van der Waals surface area contributed by atoms with E-state index in [1.165, 1.54) is 0 Å².